The van der Waals surface area contributed by atoms with Crippen LogP contribution in [0.15, 0.2) is 12.2 Å². The first-order valence-corrected chi connectivity index (χ1v) is 13.6. The molecule has 4 fully saturated rings. The van der Waals surface area contributed by atoms with E-state index in [1.54, 1.807) is 0 Å². The molecular formula is C29H50O2. The second-order valence-electron chi connectivity index (χ2n) is 13.0. The highest BCUT2D eigenvalue weighted by atomic mass is 16.3. The summed E-state index contributed by atoms with van der Waals surface area (Å²) in [5, 5.41) is 21.9. The van der Waals surface area contributed by atoms with E-state index in [1.165, 1.54) is 38.5 Å². The summed E-state index contributed by atoms with van der Waals surface area (Å²) in [5.41, 5.74) is -0.171. The Balaban J connectivity index is 1.52. The lowest BCUT2D eigenvalue weighted by Crippen LogP contribution is -2.62. The molecule has 2 nitrogen and oxygen atoms in total. The van der Waals surface area contributed by atoms with Gasteiger partial charge >= 0.3 is 0 Å². The van der Waals surface area contributed by atoms with Crippen LogP contribution < -0.4 is 0 Å². The largest absolute Gasteiger partial charge is 0.393 e. The van der Waals surface area contributed by atoms with Crippen molar-refractivity contribution in [1.82, 2.24) is 0 Å². The summed E-state index contributed by atoms with van der Waals surface area (Å²) in [7, 11) is 0. The third kappa shape index (κ3) is 3.76. The van der Waals surface area contributed by atoms with Gasteiger partial charge in [-0.2, -0.15) is 0 Å². The minimum atomic E-state index is -0.639. The molecule has 4 rings (SSSR count). The van der Waals surface area contributed by atoms with E-state index >= 15 is 0 Å². The van der Waals surface area contributed by atoms with Gasteiger partial charge in [-0.3, -0.25) is 0 Å². The molecule has 0 amide bonds. The predicted molar refractivity (Wildman–Crippen MR) is 130 cm³/mol. The summed E-state index contributed by atoms with van der Waals surface area (Å²) < 4.78 is 0. The van der Waals surface area contributed by atoms with Gasteiger partial charge in [0, 0.05) is 6.42 Å². The number of rotatable bonds is 5. The highest BCUT2D eigenvalue weighted by Gasteiger charge is 2.64. The molecule has 4 aliphatic rings. The van der Waals surface area contributed by atoms with Gasteiger partial charge in [0.1, 0.15) is 0 Å². The molecule has 0 radical (unpaired) electrons. The van der Waals surface area contributed by atoms with Crippen molar-refractivity contribution < 1.29 is 10.2 Å². The monoisotopic (exact) mass is 430 g/mol. The lowest BCUT2D eigenvalue weighted by Gasteiger charge is -2.64. The smallest absolute Gasteiger partial charge is 0.0728 e. The van der Waals surface area contributed by atoms with Crippen LogP contribution in [-0.2, 0) is 0 Å². The van der Waals surface area contributed by atoms with Crippen LogP contribution in [-0.4, -0.2) is 21.9 Å². The topological polar surface area (TPSA) is 40.5 Å². The molecule has 10 atom stereocenters. The van der Waals surface area contributed by atoms with Gasteiger partial charge in [-0.25, -0.2) is 0 Å². The summed E-state index contributed by atoms with van der Waals surface area (Å²) in [6.45, 7) is 14.5. The highest BCUT2D eigenvalue weighted by Crippen LogP contribution is 2.69. The van der Waals surface area contributed by atoms with Crippen molar-refractivity contribution in [3.8, 4) is 0 Å². The van der Waals surface area contributed by atoms with Gasteiger partial charge in [-0.05, 0) is 110 Å². The third-order valence-electron chi connectivity index (χ3n) is 11.5. The average molecular weight is 431 g/mol. The second kappa shape index (κ2) is 8.46. The molecular weight excluding hydrogens is 380 g/mol. The summed E-state index contributed by atoms with van der Waals surface area (Å²) in [6.07, 6.45) is 16.0. The van der Waals surface area contributed by atoms with E-state index in [-0.39, 0.29) is 11.5 Å². The van der Waals surface area contributed by atoms with Crippen LogP contribution in [0.1, 0.15) is 106 Å². The van der Waals surface area contributed by atoms with Gasteiger partial charge in [0.2, 0.25) is 0 Å². The molecule has 0 spiro atoms. The molecule has 31 heavy (non-hydrogen) atoms. The van der Waals surface area contributed by atoms with Crippen molar-refractivity contribution in [2.24, 2.45) is 52.3 Å². The van der Waals surface area contributed by atoms with Crippen molar-refractivity contribution in [3.05, 3.63) is 12.2 Å². The van der Waals surface area contributed by atoms with E-state index in [9.17, 15) is 10.2 Å². The average Bonchev–Trinajstić information content (AvgIpc) is 3.06. The van der Waals surface area contributed by atoms with Gasteiger partial charge in [-0.15, -0.1) is 0 Å². The van der Waals surface area contributed by atoms with Crippen LogP contribution in [0.25, 0.3) is 0 Å². The zero-order valence-electron chi connectivity index (χ0n) is 21.2. The molecule has 0 aromatic rings. The number of hydrogen-bond donors (Lipinski definition) is 2. The minimum absolute atomic E-state index is 0.00565. The molecule has 2 N–H and O–H groups in total. The van der Waals surface area contributed by atoms with Crippen LogP contribution in [0.2, 0.25) is 0 Å². The summed E-state index contributed by atoms with van der Waals surface area (Å²) in [5.74, 6) is 5.16. The van der Waals surface area contributed by atoms with Crippen molar-refractivity contribution in [1.29, 1.82) is 0 Å². The molecule has 0 unspecified atom stereocenters. The Labute approximate surface area is 192 Å². The quantitative estimate of drug-likeness (QED) is 0.461. The predicted octanol–water partition coefficient (Wildman–Crippen LogP) is 7.00. The van der Waals surface area contributed by atoms with Crippen LogP contribution >= 0.6 is 0 Å². The van der Waals surface area contributed by atoms with E-state index in [0.29, 0.717) is 29.6 Å². The van der Waals surface area contributed by atoms with Gasteiger partial charge in [0.25, 0.3) is 0 Å². The fourth-order valence-electron chi connectivity index (χ4n) is 9.41. The maximum Gasteiger partial charge on any atom is 0.0728 e. The molecule has 4 saturated carbocycles. The Kier molecular flexibility index (Phi) is 6.50. The number of allylic oxidation sites excluding steroid dienone is 2. The fourth-order valence-corrected chi connectivity index (χ4v) is 9.41. The lowest BCUT2D eigenvalue weighted by atomic mass is 9.43. The fraction of sp³-hybridized carbons (Fsp3) is 0.931. The van der Waals surface area contributed by atoms with Crippen molar-refractivity contribution >= 4 is 0 Å². The van der Waals surface area contributed by atoms with E-state index in [4.69, 9.17) is 0 Å². The van der Waals surface area contributed by atoms with E-state index < -0.39 is 5.60 Å². The summed E-state index contributed by atoms with van der Waals surface area (Å²) >= 11 is 0. The molecule has 0 bridgehead atoms. The van der Waals surface area contributed by atoms with Crippen molar-refractivity contribution in [3.63, 3.8) is 0 Å². The molecule has 0 heterocycles. The Morgan fingerprint density at radius 3 is 2.32 bits per heavy atom. The van der Waals surface area contributed by atoms with Crippen LogP contribution in [0.4, 0.5) is 0 Å². The standard InChI is InChI=1S/C29H50O2/c1-7-21(19(2)3)9-8-20(4)24-10-11-25-23-13-17-29(31)18-22(30)12-16-28(29,6)26(23)14-15-27(24,25)5/h8-9,19-26,30-31H,7,10-18H2,1-6H3/b9-8+/t20-,21-,22+,23+,24-,25+,26+,27-,28-,29+/m1/s1. The molecule has 178 valence electrons. The minimum Gasteiger partial charge on any atom is -0.393 e. The SMILES string of the molecule is CC[C@H](/C=C/[C@@H](C)[C@H]1CC[C@H]2[C@@H]3CC[C@]4(O)C[C@@H](O)CC[C@]4(C)[C@H]3CC[C@]12C)C(C)C. The van der Waals surface area contributed by atoms with Gasteiger partial charge in [0.15, 0.2) is 0 Å². The second-order valence-corrected chi connectivity index (χ2v) is 13.0. The summed E-state index contributed by atoms with van der Waals surface area (Å²) in [4.78, 5) is 0. The van der Waals surface area contributed by atoms with Crippen LogP contribution in [0, 0.1) is 52.3 Å². The Hall–Kier alpha value is -0.340. The number of fused-ring (bicyclic) bond motifs is 5. The molecule has 2 heteroatoms. The van der Waals surface area contributed by atoms with Crippen molar-refractivity contribution in [2.75, 3.05) is 0 Å². The van der Waals surface area contributed by atoms with Crippen LogP contribution in [0.5, 0.6) is 0 Å². The van der Waals surface area contributed by atoms with Gasteiger partial charge in [-0.1, -0.05) is 53.7 Å². The zero-order chi connectivity index (χ0) is 22.6. The number of hydrogen-bond acceptors (Lipinski definition) is 2. The molecule has 0 aromatic carbocycles. The first-order chi connectivity index (χ1) is 14.6. The number of aliphatic hydroxyl groups is 2. The lowest BCUT2D eigenvalue weighted by molar-refractivity contribution is -0.220. The molecule has 0 aliphatic heterocycles. The zero-order valence-corrected chi connectivity index (χ0v) is 21.2. The van der Waals surface area contributed by atoms with E-state index in [0.717, 1.165) is 42.9 Å². The third-order valence-corrected chi connectivity index (χ3v) is 11.5. The highest BCUT2D eigenvalue weighted by molar-refractivity contribution is 5.15. The Bertz CT molecular complexity index is 670. The maximum atomic E-state index is 11.6. The van der Waals surface area contributed by atoms with E-state index in [2.05, 4.69) is 53.7 Å². The summed E-state index contributed by atoms with van der Waals surface area (Å²) in [6, 6.07) is 0. The van der Waals surface area contributed by atoms with Gasteiger partial charge < -0.3 is 10.2 Å². The van der Waals surface area contributed by atoms with E-state index in [1.807, 2.05) is 0 Å². The van der Waals surface area contributed by atoms with Gasteiger partial charge in [0.05, 0.1) is 11.7 Å². The maximum absolute atomic E-state index is 11.6. The Morgan fingerprint density at radius 1 is 0.903 bits per heavy atom. The molecule has 0 aromatic heterocycles. The Morgan fingerprint density at radius 2 is 1.65 bits per heavy atom. The first kappa shape index (κ1) is 23.8. The molecule has 0 saturated heterocycles. The normalized spacial score (nSPS) is 49.5. The van der Waals surface area contributed by atoms with Crippen LogP contribution in [0.3, 0.4) is 0 Å². The van der Waals surface area contributed by atoms with Crippen molar-refractivity contribution in [2.45, 2.75) is 117 Å². The first-order valence-electron chi connectivity index (χ1n) is 13.6. The number of aliphatic hydroxyl groups excluding tert-OH is 1. The molecule has 4 aliphatic carbocycles.